The Kier molecular flexibility index (Phi) is 3.97. The lowest BCUT2D eigenvalue weighted by Gasteiger charge is -2.11. The molecule has 1 aromatic heterocycles. The number of nitrogens with two attached hydrogens (primary N) is 1. The second-order valence-corrected chi connectivity index (χ2v) is 4.38. The van der Waals surface area contributed by atoms with Gasteiger partial charge < -0.3 is 10.5 Å². The summed E-state index contributed by atoms with van der Waals surface area (Å²) >= 11 is 0. The highest BCUT2D eigenvalue weighted by atomic mass is 16.5. The van der Waals surface area contributed by atoms with Crippen LogP contribution < -0.4 is 16.0 Å². The van der Waals surface area contributed by atoms with Gasteiger partial charge in [-0.1, -0.05) is 6.07 Å². The predicted octanol–water partition coefficient (Wildman–Crippen LogP) is 1.07. The first-order valence-electron chi connectivity index (χ1n) is 6.03. The van der Waals surface area contributed by atoms with Crippen LogP contribution in [-0.4, -0.2) is 16.9 Å². The average Bonchev–Trinajstić information content (AvgIpc) is 2.41. The minimum absolute atomic E-state index is 0.125. The number of benzene rings is 1. The molecule has 1 heterocycles. The van der Waals surface area contributed by atoms with Crippen molar-refractivity contribution in [3.8, 4) is 5.75 Å². The third kappa shape index (κ3) is 3.00. The van der Waals surface area contributed by atoms with E-state index in [0.717, 1.165) is 22.4 Å². The van der Waals surface area contributed by atoms with E-state index in [4.69, 9.17) is 10.5 Å². The quantitative estimate of drug-likeness (QED) is 0.891. The Balaban J connectivity index is 2.39. The molecule has 5 heteroatoms. The normalized spacial score (nSPS) is 10.5. The zero-order chi connectivity index (χ0) is 13.8. The molecule has 0 radical (unpaired) electrons. The van der Waals surface area contributed by atoms with Crippen molar-refractivity contribution in [2.75, 3.05) is 7.11 Å². The van der Waals surface area contributed by atoms with E-state index in [1.165, 1.54) is 4.68 Å². The monoisotopic (exact) mass is 259 g/mol. The lowest BCUT2D eigenvalue weighted by molar-refractivity contribution is 0.406. The molecule has 0 aliphatic rings. The van der Waals surface area contributed by atoms with E-state index >= 15 is 0 Å². The molecule has 100 valence electrons. The first-order chi connectivity index (χ1) is 9.13. The van der Waals surface area contributed by atoms with Gasteiger partial charge in [-0.05, 0) is 30.2 Å². The van der Waals surface area contributed by atoms with E-state index in [0.29, 0.717) is 13.1 Å². The summed E-state index contributed by atoms with van der Waals surface area (Å²) in [4.78, 5) is 11.8. The fraction of sp³-hybridized carbons (Fsp3) is 0.286. The highest BCUT2D eigenvalue weighted by Crippen LogP contribution is 2.20. The minimum Gasteiger partial charge on any atom is -0.496 e. The van der Waals surface area contributed by atoms with Gasteiger partial charge in [-0.2, -0.15) is 5.10 Å². The van der Waals surface area contributed by atoms with Crippen LogP contribution in [0.25, 0.3) is 0 Å². The second kappa shape index (κ2) is 5.67. The van der Waals surface area contributed by atoms with Crippen molar-refractivity contribution in [3.05, 3.63) is 57.5 Å². The van der Waals surface area contributed by atoms with Crippen LogP contribution in [0.1, 0.15) is 16.7 Å². The van der Waals surface area contributed by atoms with Gasteiger partial charge in [0, 0.05) is 18.2 Å². The smallest absolute Gasteiger partial charge is 0.267 e. The molecular formula is C14H17N3O2. The molecule has 5 nitrogen and oxygen atoms in total. The van der Waals surface area contributed by atoms with Crippen LogP contribution in [0.15, 0.2) is 35.3 Å². The van der Waals surface area contributed by atoms with Gasteiger partial charge in [-0.3, -0.25) is 4.79 Å². The number of nitrogens with zero attached hydrogens (tertiary/aromatic N) is 2. The van der Waals surface area contributed by atoms with E-state index in [1.54, 1.807) is 19.4 Å². The maximum Gasteiger partial charge on any atom is 0.267 e. The summed E-state index contributed by atoms with van der Waals surface area (Å²) in [6, 6.07) is 7.27. The number of aryl methyl sites for hydroxylation is 1. The van der Waals surface area contributed by atoms with Crippen molar-refractivity contribution in [1.82, 2.24) is 9.78 Å². The van der Waals surface area contributed by atoms with Crippen LogP contribution in [0.4, 0.5) is 0 Å². The summed E-state index contributed by atoms with van der Waals surface area (Å²) in [5.41, 5.74) is 8.24. The number of methoxy groups -OCH3 is 1. The minimum atomic E-state index is -0.125. The maximum absolute atomic E-state index is 11.8. The number of ether oxygens (including phenoxy) is 1. The summed E-state index contributed by atoms with van der Waals surface area (Å²) in [6.07, 6.45) is 1.67. The van der Waals surface area contributed by atoms with Gasteiger partial charge >= 0.3 is 0 Å². The van der Waals surface area contributed by atoms with E-state index in [2.05, 4.69) is 5.10 Å². The fourth-order valence-electron chi connectivity index (χ4n) is 1.89. The number of hydrogen-bond donors (Lipinski definition) is 1. The van der Waals surface area contributed by atoms with E-state index in [1.807, 2.05) is 25.1 Å². The van der Waals surface area contributed by atoms with Crippen molar-refractivity contribution in [3.63, 3.8) is 0 Å². The molecule has 0 amide bonds. The van der Waals surface area contributed by atoms with Crippen molar-refractivity contribution in [2.45, 2.75) is 20.0 Å². The third-order valence-electron chi connectivity index (χ3n) is 2.91. The lowest BCUT2D eigenvalue weighted by Crippen LogP contribution is -2.23. The molecule has 0 atom stereocenters. The van der Waals surface area contributed by atoms with Crippen LogP contribution in [0.3, 0.4) is 0 Å². The van der Waals surface area contributed by atoms with Crippen LogP contribution in [-0.2, 0) is 13.1 Å². The molecule has 19 heavy (non-hydrogen) atoms. The molecular weight excluding hydrogens is 242 g/mol. The van der Waals surface area contributed by atoms with Gasteiger partial charge in [0.1, 0.15) is 5.75 Å². The summed E-state index contributed by atoms with van der Waals surface area (Å²) in [6.45, 7) is 2.66. The highest BCUT2D eigenvalue weighted by Gasteiger charge is 2.07. The van der Waals surface area contributed by atoms with Gasteiger partial charge in [0.25, 0.3) is 5.56 Å². The van der Waals surface area contributed by atoms with Gasteiger partial charge in [-0.25, -0.2) is 4.68 Å². The molecule has 2 rings (SSSR count). The summed E-state index contributed by atoms with van der Waals surface area (Å²) in [5.74, 6) is 0.728. The van der Waals surface area contributed by atoms with Gasteiger partial charge in [0.15, 0.2) is 0 Å². The summed E-state index contributed by atoms with van der Waals surface area (Å²) in [5, 5.41) is 4.12. The molecule has 2 aromatic rings. The van der Waals surface area contributed by atoms with E-state index < -0.39 is 0 Å². The zero-order valence-electron chi connectivity index (χ0n) is 11.1. The van der Waals surface area contributed by atoms with Crippen LogP contribution in [0.5, 0.6) is 5.75 Å². The van der Waals surface area contributed by atoms with Crippen LogP contribution in [0.2, 0.25) is 0 Å². The standard InChI is InChI=1S/C14H17N3O2/c1-10-5-14(18)17(16-8-10)9-12-6-11(7-15)3-4-13(12)19-2/h3-6,8H,7,9,15H2,1-2H3. The van der Waals surface area contributed by atoms with E-state index in [-0.39, 0.29) is 5.56 Å². The highest BCUT2D eigenvalue weighted by molar-refractivity contribution is 5.37. The molecule has 0 aliphatic heterocycles. The zero-order valence-corrected chi connectivity index (χ0v) is 11.1. The van der Waals surface area contributed by atoms with Crippen molar-refractivity contribution in [1.29, 1.82) is 0 Å². The first kappa shape index (κ1) is 13.3. The van der Waals surface area contributed by atoms with Crippen molar-refractivity contribution >= 4 is 0 Å². The van der Waals surface area contributed by atoms with Gasteiger partial charge in [0.05, 0.1) is 19.9 Å². The summed E-state index contributed by atoms with van der Waals surface area (Å²) < 4.78 is 6.70. The molecule has 0 fully saturated rings. The molecule has 0 spiro atoms. The Morgan fingerprint density at radius 3 is 2.79 bits per heavy atom. The van der Waals surface area contributed by atoms with Crippen molar-refractivity contribution < 1.29 is 4.74 Å². The number of aromatic nitrogens is 2. The molecule has 2 N–H and O–H groups in total. The molecule has 0 saturated carbocycles. The SMILES string of the molecule is COc1ccc(CN)cc1Cn1ncc(C)cc1=O. The fourth-order valence-corrected chi connectivity index (χ4v) is 1.89. The van der Waals surface area contributed by atoms with Crippen molar-refractivity contribution in [2.24, 2.45) is 5.73 Å². The van der Waals surface area contributed by atoms with Crippen LogP contribution >= 0.6 is 0 Å². The van der Waals surface area contributed by atoms with Gasteiger partial charge in [0.2, 0.25) is 0 Å². The molecule has 0 unspecified atom stereocenters. The third-order valence-corrected chi connectivity index (χ3v) is 2.91. The Labute approximate surface area is 111 Å². The maximum atomic E-state index is 11.8. The predicted molar refractivity (Wildman–Crippen MR) is 73.2 cm³/mol. The lowest BCUT2D eigenvalue weighted by atomic mass is 10.1. The van der Waals surface area contributed by atoms with E-state index in [9.17, 15) is 4.79 Å². The van der Waals surface area contributed by atoms with Gasteiger partial charge in [-0.15, -0.1) is 0 Å². The molecule has 0 saturated heterocycles. The average molecular weight is 259 g/mol. The summed E-state index contributed by atoms with van der Waals surface area (Å²) in [7, 11) is 1.60. The second-order valence-electron chi connectivity index (χ2n) is 4.38. The molecule has 0 aliphatic carbocycles. The Morgan fingerprint density at radius 2 is 2.16 bits per heavy atom. The Morgan fingerprint density at radius 1 is 1.37 bits per heavy atom. The topological polar surface area (TPSA) is 70.1 Å². The number of rotatable bonds is 4. The molecule has 1 aromatic carbocycles. The number of hydrogen-bond acceptors (Lipinski definition) is 4. The Hall–Kier alpha value is -2.14. The molecule has 0 bridgehead atoms. The van der Waals surface area contributed by atoms with Crippen LogP contribution in [0, 0.1) is 6.92 Å². The first-order valence-corrected chi connectivity index (χ1v) is 6.03. The largest absolute Gasteiger partial charge is 0.496 e. The Bertz CT molecular complexity index is 635.